The second-order valence-electron chi connectivity index (χ2n) is 7.44. The normalized spacial score (nSPS) is 15.0. The van der Waals surface area contributed by atoms with Crippen LogP contribution in [0.15, 0.2) is 36.4 Å². The molecule has 156 valence electrons. The van der Waals surface area contributed by atoms with Crippen LogP contribution in [0.4, 0.5) is 0 Å². The van der Waals surface area contributed by atoms with Crippen LogP contribution in [0.25, 0.3) is 0 Å². The van der Waals surface area contributed by atoms with Crippen LogP contribution < -0.4 is 19.5 Å². The Kier molecular flexibility index (Phi) is 7.02. The van der Waals surface area contributed by atoms with Crippen LogP contribution >= 0.6 is 0 Å². The van der Waals surface area contributed by atoms with Gasteiger partial charge in [-0.15, -0.1) is 0 Å². The zero-order chi connectivity index (χ0) is 20.8. The lowest BCUT2D eigenvalue weighted by Crippen LogP contribution is -2.38. The molecule has 1 aliphatic carbocycles. The number of hydrogen-bond donors (Lipinski definition) is 1. The third-order valence-electron chi connectivity index (χ3n) is 5.56. The van der Waals surface area contributed by atoms with Crippen molar-refractivity contribution >= 4 is 5.91 Å². The highest BCUT2D eigenvalue weighted by molar-refractivity contribution is 5.81. The number of benzene rings is 2. The SMILES string of the molecule is CC[C@H](NC(=O)[C@@H](C)Oc1cccc2c1CCCC2)c1ccc(OC)c(OC)c1. The Balaban J connectivity index is 1.70. The second kappa shape index (κ2) is 9.68. The quantitative estimate of drug-likeness (QED) is 0.706. The molecule has 0 unspecified atom stereocenters. The Labute approximate surface area is 173 Å². The Bertz CT molecular complexity index is 849. The van der Waals surface area contributed by atoms with Crippen molar-refractivity contribution in [2.75, 3.05) is 14.2 Å². The van der Waals surface area contributed by atoms with Gasteiger partial charge in [-0.2, -0.15) is 0 Å². The highest BCUT2D eigenvalue weighted by atomic mass is 16.5. The number of ether oxygens (including phenoxy) is 3. The van der Waals surface area contributed by atoms with Crippen LogP contribution in [0.5, 0.6) is 17.2 Å². The highest BCUT2D eigenvalue weighted by Gasteiger charge is 2.22. The monoisotopic (exact) mass is 397 g/mol. The van der Waals surface area contributed by atoms with Crippen molar-refractivity contribution in [1.82, 2.24) is 5.32 Å². The first-order valence-corrected chi connectivity index (χ1v) is 10.4. The van der Waals surface area contributed by atoms with Gasteiger partial charge in [-0.25, -0.2) is 0 Å². The molecule has 0 spiro atoms. The first kappa shape index (κ1) is 21.0. The van der Waals surface area contributed by atoms with Crippen molar-refractivity contribution in [3.63, 3.8) is 0 Å². The maximum atomic E-state index is 12.8. The van der Waals surface area contributed by atoms with E-state index in [-0.39, 0.29) is 11.9 Å². The van der Waals surface area contributed by atoms with Crippen molar-refractivity contribution in [3.8, 4) is 17.2 Å². The van der Waals surface area contributed by atoms with Crippen LogP contribution in [0.3, 0.4) is 0 Å². The van der Waals surface area contributed by atoms with E-state index in [0.29, 0.717) is 11.5 Å². The second-order valence-corrected chi connectivity index (χ2v) is 7.44. The fraction of sp³-hybridized carbons (Fsp3) is 0.458. The number of fused-ring (bicyclic) bond motifs is 1. The molecular weight excluding hydrogens is 366 g/mol. The minimum absolute atomic E-state index is 0.125. The lowest BCUT2D eigenvalue weighted by molar-refractivity contribution is -0.128. The molecule has 0 aliphatic heterocycles. The number of aryl methyl sites for hydroxylation is 1. The van der Waals surface area contributed by atoms with E-state index in [2.05, 4.69) is 11.4 Å². The topological polar surface area (TPSA) is 56.8 Å². The summed E-state index contributed by atoms with van der Waals surface area (Å²) in [4.78, 5) is 12.8. The van der Waals surface area contributed by atoms with Crippen molar-refractivity contribution in [2.24, 2.45) is 0 Å². The van der Waals surface area contributed by atoms with Gasteiger partial charge in [0.25, 0.3) is 5.91 Å². The first-order chi connectivity index (χ1) is 14.1. The molecule has 2 atom stereocenters. The summed E-state index contributed by atoms with van der Waals surface area (Å²) in [5.74, 6) is 2.03. The minimum Gasteiger partial charge on any atom is -0.493 e. The summed E-state index contributed by atoms with van der Waals surface area (Å²) < 4.78 is 16.8. The predicted octanol–water partition coefficient (Wildman–Crippen LogP) is 4.62. The van der Waals surface area contributed by atoms with Gasteiger partial charge < -0.3 is 19.5 Å². The number of carbonyl (C=O) groups excluding carboxylic acids is 1. The van der Waals surface area contributed by atoms with Gasteiger partial charge in [0.05, 0.1) is 20.3 Å². The van der Waals surface area contributed by atoms with E-state index >= 15 is 0 Å². The Hall–Kier alpha value is -2.69. The molecule has 2 aromatic rings. The molecule has 0 fully saturated rings. The molecule has 0 aromatic heterocycles. The zero-order valence-electron chi connectivity index (χ0n) is 17.8. The van der Waals surface area contributed by atoms with E-state index < -0.39 is 6.10 Å². The maximum absolute atomic E-state index is 12.8. The third kappa shape index (κ3) is 4.84. The van der Waals surface area contributed by atoms with E-state index in [1.165, 1.54) is 24.0 Å². The molecule has 5 heteroatoms. The average Bonchev–Trinajstić information content (AvgIpc) is 2.77. The van der Waals surface area contributed by atoms with Gasteiger partial charge in [-0.3, -0.25) is 4.79 Å². The first-order valence-electron chi connectivity index (χ1n) is 10.4. The molecule has 2 aromatic carbocycles. The van der Waals surface area contributed by atoms with Crippen molar-refractivity contribution in [1.29, 1.82) is 0 Å². The number of carbonyl (C=O) groups is 1. The Morgan fingerprint density at radius 1 is 1.03 bits per heavy atom. The van der Waals surface area contributed by atoms with E-state index in [0.717, 1.165) is 30.6 Å². The molecule has 1 amide bonds. The fourth-order valence-electron chi connectivity index (χ4n) is 3.88. The van der Waals surface area contributed by atoms with Crippen LogP contribution in [0, 0.1) is 0 Å². The molecule has 0 saturated heterocycles. The standard InChI is InChI=1S/C24H31NO4/c1-5-20(18-13-14-22(27-3)23(15-18)28-4)25-24(26)16(2)29-21-12-8-10-17-9-6-7-11-19(17)21/h8,10,12-16,20H,5-7,9,11H2,1-4H3,(H,25,26)/t16-,20+/m1/s1. The van der Waals surface area contributed by atoms with Gasteiger partial charge in [-0.05, 0) is 73.9 Å². The molecule has 1 aliphatic rings. The van der Waals surface area contributed by atoms with Gasteiger partial charge in [0.1, 0.15) is 5.75 Å². The average molecular weight is 398 g/mol. The van der Waals surface area contributed by atoms with Crippen LogP contribution in [-0.2, 0) is 17.6 Å². The summed E-state index contributed by atoms with van der Waals surface area (Å²) in [6.45, 7) is 3.85. The smallest absolute Gasteiger partial charge is 0.261 e. The number of hydrogen-bond acceptors (Lipinski definition) is 4. The van der Waals surface area contributed by atoms with Crippen molar-refractivity contribution < 1.29 is 19.0 Å². The number of amides is 1. The summed E-state index contributed by atoms with van der Waals surface area (Å²) in [5, 5.41) is 3.11. The molecule has 0 heterocycles. The maximum Gasteiger partial charge on any atom is 0.261 e. The van der Waals surface area contributed by atoms with Gasteiger partial charge >= 0.3 is 0 Å². The molecule has 3 rings (SSSR count). The summed E-state index contributed by atoms with van der Waals surface area (Å²) in [7, 11) is 3.22. The van der Waals surface area contributed by atoms with Crippen LogP contribution in [-0.4, -0.2) is 26.2 Å². The van der Waals surface area contributed by atoms with Gasteiger partial charge in [0.2, 0.25) is 0 Å². The summed E-state index contributed by atoms with van der Waals surface area (Å²) in [6, 6.07) is 11.7. The lowest BCUT2D eigenvalue weighted by Gasteiger charge is -2.24. The predicted molar refractivity (Wildman–Crippen MR) is 114 cm³/mol. The number of rotatable bonds is 8. The fourth-order valence-corrected chi connectivity index (χ4v) is 3.88. The molecule has 5 nitrogen and oxygen atoms in total. The van der Waals surface area contributed by atoms with Crippen molar-refractivity contribution in [2.45, 2.75) is 58.1 Å². The van der Waals surface area contributed by atoms with Crippen molar-refractivity contribution in [3.05, 3.63) is 53.1 Å². The molecule has 1 N–H and O–H groups in total. The number of nitrogens with one attached hydrogen (secondary N) is 1. The van der Waals surface area contributed by atoms with E-state index in [4.69, 9.17) is 14.2 Å². The van der Waals surface area contributed by atoms with Crippen LogP contribution in [0.1, 0.15) is 55.8 Å². The molecular formula is C24H31NO4. The van der Waals surface area contributed by atoms with Gasteiger partial charge in [-0.1, -0.05) is 25.1 Å². The summed E-state index contributed by atoms with van der Waals surface area (Å²) >= 11 is 0. The molecule has 0 radical (unpaired) electrons. The Morgan fingerprint density at radius 3 is 2.52 bits per heavy atom. The largest absolute Gasteiger partial charge is 0.493 e. The lowest BCUT2D eigenvalue weighted by atomic mass is 9.91. The minimum atomic E-state index is -0.572. The third-order valence-corrected chi connectivity index (χ3v) is 5.56. The highest BCUT2D eigenvalue weighted by Crippen LogP contribution is 2.32. The molecule has 0 bridgehead atoms. The van der Waals surface area contributed by atoms with Gasteiger partial charge in [0, 0.05) is 0 Å². The molecule has 29 heavy (non-hydrogen) atoms. The summed E-state index contributed by atoms with van der Waals surface area (Å²) in [6.07, 6.45) is 4.68. The van der Waals surface area contributed by atoms with E-state index in [1.54, 1.807) is 21.1 Å². The van der Waals surface area contributed by atoms with Crippen LogP contribution in [0.2, 0.25) is 0 Å². The molecule has 0 saturated carbocycles. The number of methoxy groups -OCH3 is 2. The van der Waals surface area contributed by atoms with E-state index in [1.807, 2.05) is 37.3 Å². The zero-order valence-corrected chi connectivity index (χ0v) is 17.8. The van der Waals surface area contributed by atoms with Gasteiger partial charge in [0.15, 0.2) is 17.6 Å². The van der Waals surface area contributed by atoms with E-state index in [9.17, 15) is 4.79 Å². The Morgan fingerprint density at radius 2 is 1.79 bits per heavy atom. The summed E-state index contributed by atoms with van der Waals surface area (Å²) in [5.41, 5.74) is 3.58.